The predicted molar refractivity (Wildman–Crippen MR) is 422 cm³/mol. The second-order valence-electron chi connectivity index (χ2n) is 33.7. The number of nitrogens with zero attached hydrogens (tertiary/aromatic N) is 2. The summed E-state index contributed by atoms with van der Waals surface area (Å²) in [7, 11) is -23.5. The fraction of sp³-hybridized carbons (Fsp3) is 0.568. The number of carboxylic acid groups (broad SMARTS) is 3. The number of anilines is 1. The van der Waals surface area contributed by atoms with Crippen LogP contribution in [0.5, 0.6) is 5.75 Å². The van der Waals surface area contributed by atoms with E-state index in [-0.39, 0.29) is 194 Å². The minimum atomic E-state index is -4.90. The number of aldehydes is 2. The van der Waals surface area contributed by atoms with Crippen molar-refractivity contribution in [2.45, 2.75) is 245 Å². The Kier molecular flexibility index (Phi) is 39.7. The number of benzene rings is 3. The molecule has 0 radical (unpaired) electrons. The van der Waals surface area contributed by atoms with Crippen LogP contribution in [0.25, 0.3) is 0 Å². The normalized spacial score (nSPS) is 22.4. The molecule has 3 aromatic carbocycles. The van der Waals surface area contributed by atoms with Crippen LogP contribution in [0, 0.1) is 22.2 Å². The predicted octanol–water partition coefficient (Wildman–Crippen LogP) is -3.57. The van der Waals surface area contributed by atoms with Gasteiger partial charge < -0.3 is 78.4 Å². The van der Waals surface area contributed by atoms with E-state index in [4.69, 9.17) is 4.74 Å². The molecule has 0 aromatic heterocycles. The summed E-state index contributed by atoms with van der Waals surface area (Å²) >= 11 is 0. The smallest absolute Gasteiger partial charge is 0.748 e. The zero-order chi connectivity index (χ0) is 86.0. The summed E-state index contributed by atoms with van der Waals surface area (Å²) in [5, 5.41) is 39.4. The zero-order valence-corrected chi connectivity index (χ0v) is 82.3. The molecular weight excluding hydrogens is 1710 g/mol. The molecule has 5 aliphatic carbocycles. The van der Waals surface area contributed by atoms with Crippen molar-refractivity contribution >= 4 is 113 Å². The number of fused-ring (bicyclic) bond motifs is 2. The van der Waals surface area contributed by atoms with E-state index < -0.39 is 168 Å². The average Bonchev–Trinajstić information content (AvgIpc) is 1.65. The number of ether oxygens (including phenoxy) is 1. The van der Waals surface area contributed by atoms with Crippen LogP contribution in [0.2, 0.25) is 0 Å². The molecule has 10 rings (SSSR count). The minimum absolute atomic E-state index is 0. The molecule has 31 nitrogen and oxygen atoms in total. The van der Waals surface area contributed by atoms with Crippen LogP contribution < -0.4 is 149 Å². The third-order valence-electron chi connectivity index (χ3n) is 23.9. The van der Waals surface area contributed by atoms with Crippen molar-refractivity contribution in [3.8, 4) is 5.75 Å². The molecule has 4 unspecified atom stereocenters. The van der Waals surface area contributed by atoms with Gasteiger partial charge >= 0.3 is 130 Å². The Labute approximate surface area is 796 Å². The van der Waals surface area contributed by atoms with Gasteiger partial charge in [0.15, 0.2) is 5.71 Å². The van der Waals surface area contributed by atoms with Crippen LogP contribution >= 0.6 is 7.37 Å². The van der Waals surface area contributed by atoms with Gasteiger partial charge in [0.05, 0.1) is 36.1 Å². The van der Waals surface area contributed by atoms with Crippen molar-refractivity contribution in [3.05, 3.63) is 119 Å². The monoisotopic (exact) mass is 1810 g/mol. The number of rotatable bonds is 46. The van der Waals surface area contributed by atoms with E-state index in [1.807, 2.05) is 61.5 Å². The standard InChI is InChI=1S/C81H108N5O26PS4.4Na/c1-76(2)62-46-60(116(106,107)108)27-29-65(62)85(67(76)31-20-55-16-13-17-56(73(55)112-58-23-25-59(26-24-58)115(103,104)105)21-32-68-77(3,4)63-47-61(117(109,110)111)28-30-66(63)86(68)41-11-12-45-114(100,101)102)40-10-6-8-18-69(89)82-39-9-5-7-19-71(91)84-81-52-78(36-14-42-87)49-79(53-81,37-15-43-88)51-80(50-78,54-81)38-34-70(90)83-64(75(96)97)35-44-113(98,99)48-57(74(94)95)22-33-72(92)93;;;;/h20-21,23-32,42-43,46-47,57,64H,5-19,22,33-41,44-45,48-54H2,1-4H3,(H10-,82,83,84,89,90,91,92,93,94,95,96,97,98,99,100,101,102,103,104,105,106,107,108,109,110,111);;;;/q;4*+1/p-4/t57?,64-,78?,79?,80?,81?;;;;/m0..../s1. The van der Waals surface area contributed by atoms with Crippen LogP contribution in [-0.2, 0) is 94.2 Å². The van der Waals surface area contributed by atoms with Crippen LogP contribution in [0.3, 0.4) is 0 Å². The summed E-state index contributed by atoms with van der Waals surface area (Å²) in [6.07, 6.45) is 16.5. The number of carbonyl (C=O) groups excluding carboxylic acids is 6. The molecule has 3 aromatic rings. The van der Waals surface area contributed by atoms with Crippen LogP contribution in [0.15, 0.2) is 122 Å². The molecule has 4 bridgehead atoms. The zero-order valence-electron chi connectivity index (χ0n) is 70.1. The number of carboxylic acids is 3. The fourth-order valence-corrected chi connectivity index (χ4v) is 23.2. The van der Waals surface area contributed by atoms with E-state index >= 15 is 0 Å². The molecule has 642 valence electrons. The largest absolute Gasteiger partial charge is 1.00 e. The van der Waals surface area contributed by atoms with E-state index in [1.54, 1.807) is 6.07 Å². The SMILES string of the molecule is CC1(C)C(/C=C/C2=C(Oc3ccc(S(=O)(=O)[O-])cc3)C(=C/C=C3/N(CCCCS(=O)(=O)[O-])c4ccc(S(=O)(=O)[O-])cc4C3(C)C)/CCC2)=[N+](CCCCCC(=O)NCCCCCC(=O)NC23CC4(CCC=O)CC(CCC=O)(CC(CCC(=O)N[C@@H](CCP(=O)(O)CC(CCC(=O)[O-])C(=O)O)C(=O)O)(C4)C2)C3)c2ccc(S(=O)(=O)[O-])cc21.[Na+].[Na+].[Na+].[Na+]. The van der Waals surface area contributed by atoms with Crippen LogP contribution in [0.4, 0.5) is 11.4 Å². The number of hydrogen-bond donors (Lipinski definition) is 6. The first kappa shape index (κ1) is 107. The van der Waals surface area contributed by atoms with Gasteiger partial charge in [-0.15, -0.1) is 0 Å². The van der Waals surface area contributed by atoms with E-state index in [2.05, 4.69) is 16.0 Å². The molecule has 0 saturated heterocycles. The summed E-state index contributed by atoms with van der Waals surface area (Å²) in [5.41, 5.74) is 0.839. The molecule has 4 saturated carbocycles. The summed E-state index contributed by atoms with van der Waals surface area (Å²) in [6, 6.07) is 11.5. The number of hydrogen-bond acceptors (Lipinski definition) is 24. The molecular formula is C81H104N5Na4O26PS4. The Bertz CT molecular complexity index is 5010. The van der Waals surface area contributed by atoms with Gasteiger partial charge in [0, 0.05) is 116 Å². The second-order valence-corrected chi connectivity index (χ2v) is 41.9. The third kappa shape index (κ3) is 28.9. The summed E-state index contributed by atoms with van der Waals surface area (Å²) in [6.45, 7) is 8.36. The second kappa shape index (κ2) is 44.7. The fourth-order valence-electron chi connectivity index (χ4n) is 19.3. The molecule has 5 atom stereocenters. The Hall–Kier alpha value is -4.12. The Balaban J connectivity index is 0.00000651. The number of allylic oxidation sites excluding steroid dienone is 7. The van der Waals surface area contributed by atoms with E-state index in [0.717, 1.165) is 24.7 Å². The first-order chi connectivity index (χ1) is 54.7. The van der Waals surface area contributed by atoms with Gasteiger partial charge in [-0.3, -0.25) is 23.7 Å². The third-order valence-corrected chi connectivity index (χ3v) is 29.2. The van der Waals surface area contributed by atoms with E-state index in [1.165, 1.54) is 42.5 Å². The average molecular weight is 1810 g/mol. The Morgan fingerprint density at radius 3 is 1.74 bits per heavy atom. The van der Waals surface area contributed by atoms with Gasteiger partial charge in [0.2, 0.25) is 30.8 Å². The summed E-state index contributed by atoms with van der Waals surface area (Å²) < 4.78 is 167. The van der Waals surface area contributed by atoms with Crippen molar-refractivity contribution in [3.63, 3.8) is 0 Å². The maximum absolute atomic E-state index is 14.1. The van der Waals surface area contributed by atoms with E-state index in [9.17, 15) is 115 Å². The van der Waals surface area contributed by atoms with Crippen molar-refractivity contribution in [2.24, 2.45) is 22.2 Å². The molecule has 4 fully saturated rings. The topological polar surface area (TPSA) is 518 Å². The Morgan fingerprint density at radius 1 is 0.612 bits per heavy atom. The van der Waals surface area contributed by atoms with Gasteiger partial charge in [-0.1, -0.05) is 26.3 Å². The number of carbonyl (C=O) groups is 8. The first-order valence-corrected chi connectivity index (χ1v) is 47.3. The van der Waals surface area contributed by atoms with E-state index in [0.29, 0.717) is 173 Å². The number of amides is 3. The van der Waals surface area contributed by atoms with Crippen molar-refractivity contribution in [1.29, 1.82) is 0 Å². The maximum Gasteiger partial charge on any atom is 1.00 e. The maximum atomic E-state index is 14.1. The van der Waals surface area contributed by atoms with Crippen LogP contribution in [-0.4, -0.2) is 175 Å². The van der Waals surface area contributed by atoms with Crippen molar-refractivity contribution in [2.75, 3.05) is 42.6 Å². The van der Waals surface area contributed by atoms with Crippen molar-refractivity contribution < 1.29 is 243 Å². The number of nitrogens with one attached hydrogen (secondary N) is 3. The number of unbranched alkanes of at least 4 members (excludes halogenated alkanes) is 5. The van der Waals surface area contributed by atoms with Gasteiger partial charge in [0.25, 0.3) is 0 Å². The molecule has 2 aliphatic heterocycles. The van der Waals surface area contributed by atoms with Gasteiger partial charge in [-0.25, -0.2) is 38.5 Å². The molecule has 3 amide bonds. The molecule has 0 spiro atoms. The Morgan fingerprint density at radius 2 is 1.17 bits per heavy atom. The number of aliphatic carboxylic acids is 3. The quantitative estimate of drug-likeness (QED) is 0.00796. The minimum Gasteiger partial charge on any atom is -0.748 e. The summed E-state index contributed by atoms with van der Waals surface area (Å²) in [5.74, 6) is -7.18. The first-order valence-electron chi connectivity index (χ1n) is 39.5. The van der Waals surface area contributed by atoms with Crippen molar-refractivity contribution in [1.82, 2.24) is 16.0 Å². The molecule has 121 heavy (non-hydrogen) atoms. The molecule has 6 N–H and O–H groups in total. The van der Waals surface area contributed by atoms with Gasteiger partial charge in [-0.2, -0.15) is 4.58 Å². The van der Waals surface area contributed by atoms with Gasteiger partial charge in [-0.05, 0) is 248 Å². The van der Waals surface area contributed by atoms with Crippen LogP contribution in [0.1, 0.15) is 219 Å². The van der Waals surface area contributed by atoms with Gasteiger partial charge in [0.1, 0.15) is 67.0 Å². The summed E-state index contributed by atoms with van der Waals surface area (Å²) in [4.78, 5) is 111. The molecule has 2 heterocycles. The molecule has 7 aliphatic rings. The molecule has 40 heteroatoms.